The minimum Gasteiger partial charge on any atom is -0.432 e. The van der Waals surface area contributed by atoms with Crippen LogP contribution in [0.15, 0.2) is 0 Å². The number of hydrogen-bond acceptors (Lipinski definition) is 5. The van der Waals surface area contributed by atoms with Gasteiger partial charge in [0.05, 0.1) is 5.92 Å². The topological polar surface area (TPSA) is 54.0 Å². The molecule has 0 aromatic heterocycles. The second-order valence-electron chi connectivity index (χ2n) is 7.14. The lowest BCUT2D eigenvalue weighted by molar-refractivity contribution is -0.559. The minimum atomic E-state index is -0.793. The van der Waals surface area contributed by atoms with Crippen LogP contribution >= 0.6 is 0 Å². The van der Waals surface area contributed by atoms with Crippen molar-refractivity contribution in [2.24, 2.45) is 23.7 Å². The van der Waals surface area contributed by atoms with Crippen LogP contribution in [0.25, 0.3) is 0 Å². The van der Waals surface area contributed by atoms with Crippen molar-refractivity contribution in [1.29, 1.82) is 0 Å². The Labute approximate surface area is 118 Å². The van der Waals surface area contributed by atoms with E-state index in [1.807, 2.05) is 13.8 Å². The smallest absolute Gasteiger partial charge is 0.311 e. The molecule has 0 N–H and O–H groups in total. The Bertz CT molecular complexity index is 452. The maximum absolute atomic E-state index is 12.1. The monoisotopic (exact) mass is 282 g/mol. The maximum Gasteiger partial charge on any atom is 0.311 e. The highest BCUT2D eigenvalue weighted by Crippen LogP contribution is 2.59. The van der Waals surface area contributed by atoms with E-state index >= 15 is 0 Å². The summed E-state index contributed by atoms with van der Waals surface area (Å²) in [4.78, 5) is 23.7. The van der Waals surface area contributed by atoms with Crippen LogP contribution in [0.2, 0.25) is 0 Å². The van der Waals surface area contributed by atoms with Crippen LogP contribution in [0, 0.1) is 23.7 Å². The van der Waals surface area contributed by atoms with Crippen LogP contribution in [0.5, 0.6) is 0 Å². The van der Waals surface area contributed by atoms with Crippen LogP contribution in [0.3, 0.4) is 0 Å². The molecule has 1 aliphatic carbocycles. The van der Waals surface area contributed by atoms with Gasteiger partial charge >= 0.3 is 5.97 Å². The Balaban J connectivity index is 1.84. The van der Waals surface area contributed by atoms with Gasteiger partial charge in [0.25, 0.3) is 0 Å². The lowest BCUT2D eigenvalue weighted by atomic mass is 9.58. The molecule has 0 unspecified atom stereocenters. The summed E-state index contributed by atoms with van der Waals surface area (Å²) in [5.74, 6) is -0.137. The summed E-state index contributed by atoms with van der Waals surface area (Å²) in [6.45, 7) is 6.06. The molecule has 1 spiro atoms. The molecule has 1 saturated carbocycles. The summed E-state index contributed by atoms with van der Waals surface area (Å²) in [6.07, 6.45) is 3.24. The van der Waals surface area contributed by atoms with Crippen molar-refractivity contribution < 1.29 is 24.0 Å². The second kappa shape index (κ2) is 3.96. The first-order valence-electron chi connectivity index (χ1n) is 7.71. The summed E-state index contributed by atoms with van der Waals surface area (Å²) in [5, 5.41) is 0. The summed E-state index contributed by atoms with van der Waals surface area (Å²) >= 11 is 0. The molecule has 5 fully saturated rings. The molecule has 0 radical (unpaired) electrons. The van der Waals surface area contributed by atoms with E-state index in [1.54, 1.807) is 0 Å². The summed E-state index contributed by atoms with van der Waals surface area (Å²) in [5.41, 5.74) is -0.610. The van der Waals surface area contributed by atoms with Crippen LogP contribution in [-0.4, -0.2) is 23.6 Å². The maximum atomic E-state index is 12.1. The number of ether oxygens (including phenoxy) is 2. The lowest BCUT2D eigenvalue weighted by Gasteiger charge is -2.57. The summed E-state index contributed by atoms with van der Waals surface area (Å²) < 4.78 is 11.6. The van der Waals surface area contributed by atoms with Gasteiger partial charge in [0.15, 0.2) is 5.60 Å². The highest BCUT2D eigenvalue weighted by molar-refractivity contribution is 5.74. The van der Waals surface area contributed by atoms with E-state index in [2.05, 4.69) is 6.92 Å². The van der Waals surface area contributed by atoms with Gasteiger partial charge in [-0.05, 0) is 32.1 Å². The van der Waals surface area contributed by atoms with Crippen LogP contribution in [0.1, 0.15) is 46.5 Å². The molecule has 0 aromatic rings. The van der Waals surface area contributed by atoms with Crippen LogP contribution in [-0.2, 0) is 24.0 Å². The molecule has 5 rings (SSSR count). The van der Waals surface area contributed by atoms with Gasteiger partial charge < -0.3 is 9.47 Å². The normalized spacial score (nSPS) is 57.8. The first-order chi connectivity index (χ1) is 9.46. The molecule has 4 aliphatic heterocycles. The number of carbonyl (C=O) groups excluding carboxylic acids is 1. The van der Waals surface area contributed by atoms with Gasteiger partial charge in [0.1, 0.15) is 0 Å². The van der Waals surface area contributed by atoms with Crippen molar-refractivity contribution in [2.75, 3.05) is 0 Å². The average molecular weight is 282 g/mol. The molecular weight excluding hydrogens is 260 g/mol. The lowest BCUT2D eigenvalue weighted by Crippen LogP contribution is -2.69. The predicted molar refractivity (Wildman–Crippen MR) is 68.0 cm³/mol. The number of hydrogen-bond donors (Lipinski definition) is 0. The van der Waals surface area contributed by atoms with E-state index in [-0.39, 0.29) is 17.8 Å². The first kappa shape index (κ1) is 13.0. The first-order valence-corrected chi connectivity index (χ1v) is 7.71. The largest absolute Gasteiger partial charge is 0.432 e. The van der Waals surface area contributed by atoms with E-state index in [1.165, 1.54) is 0 Å². The van der Waals surface area contributed by atoms with Gasteiger partial charge in [0.2, 0.25) is 12.1 Å². The Morgan fingerprint density at radius 1 is 1.10 bits per heavy atom. The molecular formula is C15H22O5. The van der Waals surface area contributed by atoms with Crippen molar-refractivity contribution in [3.8, 4) is 0 Å². The fourth-order valence-corrected chi connectivity index (χ4v) is 4.76. The molecule has 2 bridgehead atoms. The molecule has 0 amide bonds. The second-order valence-corrected chi connectivity index (χ2v) is 7.14. The van der Waals surface area contributed by atoms with E-state index in [9.17, 15) is 4.79 Å². The zero-order chi connectivity index (χ0) is 14.1. The predicted octanol–water partition coefficient (Wildman–Crippen LogP) is 2.39. The van der Waals surface area contributed by atoms with E-state index in [0.717, 1.165) is 25.7 Å². The van der Waals surface area contributed by atoms with Crippen molar-refractivity contribution >= 4 is 5.97 Å². The summed E-state index contributed by atoms with van der Waals surface area (Å²) in [7, 11) is 0. The zero-order valence-corrected chi connectivity index (χ0v) is 12.3. The van der Waals surface area contributed by atoms with Gasteiger partial charge in [-0.3, -0.25) is 4.79 Å². The third-order valence-corrected chi connectivity index (χ3v) is 5.97. The van der Waals surface area contributed by atoms with E-state index < -0.39 is 17.7 Å². The van der Waals surface area contributed by atoms with Crippen LogP contribution in [0.4, 0.5) is 0 Å². The Hall–Kier alpha value is -0.650. The van der Waals surface area contributed by atoms with E-state index in [0.29, 0.717) is 11.8 Å². The number of rotatable bonds is 0. The van der Waals surface area contributed by atoms with Gasteiger partial charge in [-0.1, -0.05) is 13.8 Å². The quantitative estimate of drug-likeness (QED) is 0.504. The fourth-order valence-electron chi connectivity index (χ4n) is 4.76. The van der Waals surface area contributed by atoms with Crippen molar-refractivity contribution in [3.63, 3.8) is 0 Å². The molecule has 5 aliphatic rings. The van der Waals surface area contributed by atoms with E-state index in [4.69, 9.17) is 19.2 Å². The Morgan fingerprint density at radius 3 is 2.70 bits per heavy atom. The zero-order valence-electron chi connectivity index (χ0n) is 12.3. The van der Waals surface area contributed by atoms with Gasteiger partial charge in [-0.25, -0.2) is 9.78 Å². The molecule has 7 atom stereocenters. The highest BCUT2D eigenvalue weighted by Gasteiger charge is 2.69. The van der Waals surface area contributed by atoms with Crippen molar-refractivity contribution in [1.82, 2.24) is 0 Å². The summed E-state index contributed by atoms with van der Waals surface area (Å²) in [6, 6.07) is 0. The Morgan fingerprint density at radius 2 is 1.90 bits per heavy atom. The molecule has 5 heteroatoms. The van der Waals surface area contributed by atoms with Crippen molar-refractivity contribution in [3.05, 3.63) is 0 Å². The van der Waals surface area contributed by atoms with Crippen LogP contribution < -0.4 is 0 Å². The fraction of sp³-hybridized carbons (Fsp3) is 0.933. The molecule has 0 aromatic carbocycles. The third kappa shape index (κ3) is 1.46. The molecule has 5 nitrogen and oxygen atoms in total. The third-order valence-electron chi connectivity index (χ3n) is 5.97. The number of fused-ring (bicyclic) bond motifs is 2. The number of esters is 1. The molecule has 112 valence electrons. The SMILES string of the molecule is C[C@@H]1CC[C@@H]2[C@H](C)C(=O)O[C@H]3O[C@]4(C)CC[C@H]1[C@@]32OO4. The Kier molecular flexibility index (Phi) is 2.58. The van der Waals surface area contributed by atoms with Gasteiger partial charge in [-0.15, -0.1) is 0 Å². The van der Waals surface area contributed by atoms with Crippen molar-refractivity contribution in [2.45, 2.75) is 64.1 Å². The standard InChI is InChI=1S/C15H22O5/c1-8-4-5-11-9(2)12(16)17-13-15(11)10(8)6-7-14(3,18-13)19-20-15/h8-11,13H,4-7H2,1-3H3/t8-,9+,10-,11-,13+,14+,15+/m1/s1. The molecule has 20 heavy (non-hydrogen) atoms. The highest BCUT2D eigenvalue weighted by atomic mass is 17.3. The molecule has 4 heterocycles. The number of carbonyl (C=O) groups is 1. The van der Waals surface area contributed by atoms with Gasteiger partial charge in [-0.2, -0.15) is 0 Å². The van der Waals surface area contributed by atoms with Gasteiger partial charge in [0, 0.05) is 18.3 Å². The minimum absolute atomic E-state index is 0.123. The molecule has 4 saturated heterocycles. The average Bonchev–Trinajstić information content (AvgIpc) is 2.63.